The van der Waals surface area contributed by atoms with Gasteiger partial charge in [-0.3, -0.25) is 0 Å². The maximum Gasteiger partial charge on any atom is 0.322 e. The highest BCUT2D eigenvalue weighted by Crippen LogP contribution is 2.32. The van der Waals surface area contributed by atoms with Crippen LogP contribution in [0.5, 0.6) is 0 Å². The van der Waals surface area contributed by atoms with Gasteiger partial charge in [0, 0.05) is 29.7 Å². The molecule has 2 saturated heterocycles. The van der Waals surface area contributed by atoms with E-state index in [4.69, 9.17) is 0 Å². The number of nitrogens with zero attached hydrogens (tertiary/aromatic N) is 2. The Balaban J connectivity index is 1.72. The second-order valence-electron chi connectivity index (χ2n) is 6.42. The molecule has 2 atom stereocenters. The zero-order valence-electron chi connectivity index (χ0n) is 13.6. The van der Waals surface area contributed by atoms with Crippen LogP contribution in [0.15, 0.2) is 23.1 Å². The third-order valence-electron chi connectivity index (χ3n) is 5.07. The van der Waals surface area contributed by atoms with Crippen molar-refractivity contribution in [1.82, 2.24) is 9.80 Å². The van der Waals surface area contributed by atoms with E-state index in [1.165, 1.54) is 11.3 Å². The van der Waals surface area contributed by atoms with Crippen LogP contribution in [-0.2, 0) is 0 Å². The van der Waals surface area contributed by atoms with Crippen LogP contribution >= 0.6 is 11.8 Å². The first-order valence-corrected chi connectivity index (χ1v) is 9.22. The Hall–Kier alpha value is -1.20. The van der Waals surface area contributed by atoms with Gasteiger partial charge in [0.25, 0.3) is 0 Å². The average Bonchev–Trinajstić information content (AvgIpc) is 2.92. The standard InChI is InChI=1S/C17H25N3OS/c1-12-14(5-4-6-16(12)22-3)18-17(21)20-10-8-13-7-9-19(2)11-15(13)20/h4-6,13,15H,7-11H2,1-3H3,(H,18,21)/t13-,15-/m1/s1. The maximum absolute atomic E-state index is 12.7. The van der Waals surface area contributed by atoms with Crippen LogP contribution < -0.4 is 5.32 Å². The van der Waals surface area contributed by atoms with E-state index in [0.29, 0.717) is 12.0 Å². The van der Waals surface area contributed by atoms with E-state index >= 15 is 0 Å². The zero-order valence-corrected chi connectivity index (χ0v) is 14.4. The van der Waals surface area contributed by atoms with Gasteiger partial charge >= 0.3 is 6.03 Å². The summed E-state index contributed by atoms with van der Waals surface area (Å²) in [6, 6.07) is 6.53. The summed E-state index contributed by atoms with van der Waals surface area (Å²) in [6.45, 7) is 5.12. The number of benzene rings is 1. The quantitative estimate of drug-likeness (QED) is 0.850. The van der Waals surface area contributed by atoms with Crippen molar-refractivity contribution in [3.63, 3.8) is 0 Å². The molecule has 2 heterocycles. The summed E-state index contributed by atoms with van der Waals surface area (Å²) in [7, 11) is 2.15. The number of hydrogen-bond acceptors (Lipinski definition) is 3. The topological polar surface area (TPSA) is 35.6 Å². The SMILES string of the molecule is CSc1cccc(NC(=O)N2CC[C@H]3CCN(C)C[C@H]32)c1C. The van der Waals surface area contributed by atoms with Crippen molar-refractivity contribution in [1.29, 1.82) is 0 Å². The molecule has 1 aromatic rings. The van der Waals surface area contributed by atoms with Crippen LogP contribution in [0.1, 0.15) is 18.4 Å². The van der Waals surface area contributed by atoms with E-state index in [1.807, 2.05) is 17.0 Å². The monoisotopic (exact) mass is 319 g/mol. The molecule has 1 N–H and O–H groups in total. The molecule has 2 aliphatic rings. The summed E-state index contributed by atoms with van der Waals surface area (Å²) in [5.74, 6) is 0.681. The number of likely N-dealkylation sites (tertiary alicyclic amines) is 2. The average molecular weight is 319 g/mol. The van der Waals surface area contributed by atoms with Crippen molar-refractivity contribution < 1.29 is 4.79 Å². The predicted octanol–water partition coefficient (Wildman–Crippen LogP) is 3.27. The minimum absolute atomic E-state index is 0.0594. The molecular weight excluding hydrogens is 294 g/mol. The first-order valence-electron chi connectivity index (χ1n) is 8.00. The lowest BCUT2D eigenvalue weighted by Gasteiger charge is -2.36. The zero-order chi connectivity index (χ0) is 15.7. The lowest BCUT2D eigenvalue weighted by atomic mass is 9.92. The Morgan fingerprint density at radius 2 is 2.09 bits per heavy atom. The Morgan fingerprint density at radius 1 is 1.32 bits per heavy atom. The fraction of sp³-hybridized carbons (Fsp3) is 0.588. The lowest BCUT2D eigenvalue weighted by Crippen LogP contribution is -2.49. The molecule has 0 spiro atoms. The van der Waals surface area contributed by atoms with Crippen molar-refractivity contribution in [2.75, 3.05) is 38.3 Å². The molecule has 4 nitrogen and oxygen atoms in total. The first kappa shape index (κ1) is 15.7. The van der Waals surface area contributed by atoms with Gasteiger partial charge in [-0.2, -0.15) is 0 Å². The highest BCUT2D eigenvalue weighted by atomic mass is 32.2. The number of carbonyl (C=O) groups excluding carboxylic acids is 1. The molecule has 2 amide bonds. The molecule has 0 saturated carbocycles. The lowest BCUT2D eigenvalue weighted by molar-refractivity contribution is 0.137. The molecule has 2 aliphatic heterocycles. The fourth-order valence-corrected chi connectivity index (χ4v) is 4.34. The van der Waals surface area contributed by atoms with Gasteiger partial charge in [0.1, 0.15) is 0 Å². The number of thioether (sulfide) groups is 1. The Bertz CT molecular complexity index is 563. The van der Waals surface area contributed by atoms with E-state index in [9.17, 15) is 4.79 Å². The van der Waals surface area contributed by atoms with Gasteiger partial charge in [0.2, 0.25) is 0 Å². The van der Waals surface area contributed by atoms with Gasteiger partial charge in [0.05, 0.1) is 0 Å². The number of fused-ring (bicyclic) bond motifs is 1. The van der Waals surface area contributed by atoms with Gasteiger partial charge in [-0.25, -0.2) is 4.79 Å². The molecule has 0 unspecified atom stereocenters. The largest absolute Gasteiger partial charge is 0.322 e. The van der Waals surface area contributed by atoms with E-state index in [0.717, 1.165) is 37.3 Å². The number of hydrogen-bond donors (Lipinski definition) is 1. The van der Waals surface area contributed by atoms with Crippen molar-refractivity contribution in [2.24, 2.45) is 5.92 Å². The Labute approximate surface area is 137 Å². The van der Waals surface area contributed by atoms with Crippen molar-refractivity contribution >= 4 is 23.5 Å². The normalized spacial score (nSPS) is 25.1. The molecule has 22 heavy (non-hydrogen) atoms. The van der Waals surface area contributed by atoms with Crippen LogP contribution in [0, 0.1) is 12.8 Å². The highest BCUT2D eigenvalue weighted by Gasteiger charge is 2.39. The number of piperidine rings is 1. The van der Waals surface area contributed by atoms with Crippen LogP contribution in [0.4, 0.5) is 10.5 Å². The molecule has 1 aromatic carbocycles. The minimum Gasteiger partial charge on any atom is -0.320 e. The summed E-state index contributed by atoms with van der Waals surface area (Å²) in [5.41, 5.74) is 2.09. The van der Waals surface area contributed by atoms with Crippen LogP contribution in [0.25, 0.3) is 0 Å². The number of urea groups is 1. The summed E-state index contributed by atoms with van der Waals surface area (Å²) < 4.78 is 0. The summed E-state index contributed by atoms with van der Waals surface area (Å²) in [5, 5.41) is 3.13. The van der Waals surface area contributed by atoms with E-state index in [1.54, 1.807) is 11.8 Å². The second-order valence-corrected chi connectivity index (χ2v) is 7.27. The fourth-order valence-electron chi connectivity index (χ4n) is 3.71. The van der Waals surface area contributed by atoms with E-state index < -0.39 is 0 Å². The number of amides is 2. The van der Waals surface area contributed by atoms with Gasteiger partial charge in [-0.1, -0.05) is 6.07 Å². The number of rotatable bonds is 2. The molecule has 0 aromatic heterocycles. The number of anilines is 1. The number of nitrogens with one attached hydrogen (secondary N) is 1. The number of likely N-dealkylation sites (N-methyl/N-ethyl adjacent to an activating group) is 1. The van der Waals surface area contributed by atoms with Crippen LogP contribution in [-0.4, -0.2) is 54.8 Å². The molecule has 0 bridgehead atoms. The van der Waals surface area contributed by atoms with Crippen molar-refractivity contribution in [3.8, 4) is 0 Å². The Morgan fingerprint density at radius 3 is 2.86 bits per heavy atom. The maximum atomic E-state index is 12.7. The smallest absolute Gasteiger partial charge is 0.320 e. The summed E-state index contributed by atoms with van der Waals surface area (Å²) in [4.78, 5) is 18.3. The minimum atomic E-state index is 0.0594. The van der Waals surface area contributed by atoms with Gasteiger partial charge in [0.15, 0.2) is 0 Å². The molecule has 0 radical (unpaired) electrons. The van der Waals surface area contributed by atoms with Crippen molar-refractivity contribution in [3.05, 3.63) is 23.8 Å². The van der Waals surface area contributed by atoms with E-state index in [-0.39, 0.29) is 6.03 Å². The van der Waals surface area contributed by atoms with Gasteiger partial charge in [-0.05, 0) is 63.2 Å². The second kappa shape index (κ2) is 6.50. The summed E-state index contributed by atoms with van der Waals surface area (Å²) >= 11 is 1.72. The van der Waals surface area contributed by atoms with Crippen molar-refractivity contribution in [2.45, 2.75) is 30.7 Å². The highest BCUT2D eigenvalue weighted by molar-refractivity contribution is 7.98. The van der Waals surface area contributed by atoms with Crippen LogP contribution in [0.3, 0.4) is 0 Å². The van der Waals surface area contributed by atoms with Crippen LogP contribution in [0.2, 0.25) is 0 Å². The molecule has 2 fully saturated rings. The summed E-state index contributed by atoms with van der Waals surface area (Å²) in [6.07, 6.45) is 4.43. The third kappa shape index (κ3) is 2.97. The molecule has 0 aliphatic carbocycles. The first-order chi connectivity index (χ1) is 10.6. The predicted molar refractivity (Wildman–Crippen MR) is 92.7 cm³/mol. The van der Waals surface area contributed by atoms with Gasteiger partial charge < -0.3 is 15.1 Å². The van der Waals surface area contributed by atoms with Gasteiger partial charge in [-0.15, -0.1) is 11.8 Å². The van der Waals surface area contributed by atoms with E-state index in [2.05, 4.69) is 36.5 Å². The molecular formula is C17H25N3OS. The number of carbonyl (C=O) groups is 1. The molecule has 5 heteroatoms. The third-order valence-corrected chi connectivity index (χ3v) is 5.95. The molecule has 3 rings (SSSR count). The Kier molecular flexibility index (Phi) is 4.64. The molecule has 120 valence electrons.